The van der Waals surface area contributed by atoms with Gasteiger partial charge in [0, 0.05) is 32.1 Å². The third-order valence-corrected chi connectivity index (χ3v) is 5.55. The molecule has 2 aliphatic heterocycles. The average Bonchev–Trinajstić information content (AvgIpc) is 2.68. The summed E-state index contributed by atoms with van der Waals surface area (Å²) in [5.41, 5.74) is -0.736. The Bertz CT molecular complexity index is 792. The summed E-state index contributed by atoms with van der Waals surface area (Å²) in [7, 11) is 0. The van der Waals surface area contributed by atoms with E-state index in [4.69, 9.17) is 9.47 Å². The quantitative estimate of drug-likeness (QED) is 0.799. The Morgan fingerprint density at radius 3 is 2.50 bits per heavy atom. The molecule has 3 amide bonds. The molecular weight excluding hydrogens is 386 g/mol. The average molecular weight is 418 g/mol. The molecule has 8 heteroatoms. The van der Waals surface area contributed by atoms with E-state index in [9.17, 15) is 14.4 Å². The van der Waals surface area contributed by atoms with Crippen LogP contribution < -0.4 is 5.32 Å². The number of nitrogens with zero attached hydrogens (tertiary/aromatic N) is 2. The van der Waals surface area contributed by atoms with E-state index in [1.807, 2.05) is 58.0 Å². The van der Waals surface area contributed by atoms with Crippen molar-refractivity contribution in [1.82, 2.24) is 15.1 Å². The largest absolute Gasteiger partial charge is 0.445 e. The fourth-order valence-electron chi connectivity index (χ4n) is 4.12. The molecule has 2 unspecified atom stereocenters. The Labute approximate surface area is 177 Å². The maximum absolute atomic E-state index is 12.9. The number of amides is 3. The van der Waals surface area contributed by atoms with Gasteiger partial charge in [0.15, 0.2) is 0 Å². The first kappa shape index (κ1) is 21.9. The molecule has 164 valence electrons. The molecule has 2 saturated heterocycles. The van der Waals surface area contributed by atoms with Crippen molar-refractivity contribution in [2.24, 2.45) is 0 Å². The van der Waals surface area contributed by atoms with Crippen molar-refractivity contribution in [2.75, 3.05) is 19.6 Å². The van der Waals surface area contributed by atoms with Crippen molar-refractivity contribution in [2.45, 2.75) is 64.3 Å². The minimum Gasteiger partial charge on any atom is -0.445 e. The molecule has 0 bridgehead atoms. The molecule has 1 spiro atoms. The van der Waals surface area contributed by atoms with Crippen molar-refractivity contribution in [3.63, 3.8) is 0 Å². The number of hydrogen-bond donors (Lipinski definition) is 1. The smallest absolute Gasteiger partial charge is 0.411 e. The first-order valence-electron chi connectivity index (χ1n) is 10.4. The van der Waals surface area contributed by atoms with E-state index in [0.29, 0.717) is 32.5 Å². The van der Waals surface area contributed by atoms with Crippen molar-refractivity contribution in [1.29, 1.82) is 0 Å². The molecule has 2 heterocycles. The summed E-state index contributed by atoms with van der Waals surface area (Å²) in [4.78, 5) is 41.6. The summed E-state index contributed by atoms with van der Waals surface area (Å²) >= 11 is 0. The van der Waals surface area contributed by atoms with Crippen molar-refractivity contribution in [3.05, 3.63) is 35.9 Å². The van der Waals surface area contributed by atoms with Gasteiger partial charge in [-0.25, -0.2) is 9.59 Å². The van der Waals surface area contributed by atoms with Crippen LogP contribution in [0.2, 0.25) is 0 Å². The van der Waals surface area contributed by atoms with Gasteiger partial charge >= 0.3 is 12.2 Å². The topological polar surface area (TPSA) is 88.2 Å². The zero-order chi connectivity index (χ0) is 21.9. The van der Waals surface area contributed by atoms with E-state index >= 15 is 0 Å². The highest BCUT2D eigenvalue weighted by Crippen LogP contribution is 2.35. The van der Waals surface area contributed by atoms with Gasteiger partial charge in [0.25, 0.3) is 0 Å². The van der Waals surface area contributed by atoms with E-state index in [-0.39, 0.29) is 18.6 Å². The highest BCUT2D eigenvalue weighted by molar-refractivity contribution is 5.91. The van der Waals surface area contributed by atoms with Crippen LogP contribution >= 0.6 is 0 Å². The van der Waals surface area contributed by atoms with Crippen LogP contribution in [0.25, 0.3) is 0 Å². The summed E-state index contributed by atoms with van der Waals surface area (Å²) in [6.07, 6.45) is -0.243. The molecule has 1 aromatic carbocycles. The SMILES string of the molecule is CC1CC2(CCN1C(=O)OC(C)(C)C)C(=O)NCCN2C(=O)OCc1ccccc1. The van der Waals surface area contributed by atoms with Crippen molar-refractivity contribution >= 4 is 18.1 Å². The Hall–Kier alpha value is -2.77. The highest BCUT2D eigenvalue weighted by Gasteiger charge is 2.53. The van der Waals surface area contributed by atoms with Gasteiger partial charge in [-0.1, -0.05) is 30.3 Å². The van der Waals surface area contributed by atoms with E-state index in [2.05, 4.69) is 5.32 Å². The van der Waals surface area contributed by atoms with Crippen LogP contribution in [0, 0.1) is 0 Å². The lowest BCUT2D eigenvalue weighted by atomic mass is 9.80. The second-order valence-electron chi connectivity index (χ2n) is 8.96. The van der Waals surface area contributed by atoms with E-state index in [1.165, 1.54) is 4.90 Å². The lowest BCUT2D eigenvalue weighted by Gasteiger charge is -2.51. The second kappa shape index (κ2) is 8.53. The number of benzene rings is 1. The van der Waals surface area contributed by atoms with Gasteiger partial charge in [0.05, 0.1) is 0 Å². The maximum atomic E-state index is 12.9. The van der Waals surface area contributed by atoms with Gasteiger partial charge in [0.2, 0.25) is 5.91 Å². The van der Waals surface area contributed by atoms with Gasteiger partial charge in [-0.2, -0.15) is 0 Å². The zero-order valence-electron chi connectivity index (χ0n) is 18.1. The molecule has 30 heavy (non-hydrogen) atoms. The molecule has 0 saturated carbocycles. The first-order valence-corrected chi connectivity index (χ1v) is 10.4. The number of piperidine rings is 1. The number of carbonyl (C=O) groups is 3. The van der Waals surface area contributed by atoms with Crippen LogP contribution in [-0.2, 0) is 20.9 Å². The predicted octanol–water partition coefficient (Wildman–Crippen LogP) is 2.91. The summed E-state index contributed by atoms with van der Waals surface area (Å²) < 4.78 is 11.0. The number of piperazine rings is 1. The normalized spacial score (nSPS) is 24.4. The maximum Gasteiger partial charge on any atom is 0.411 e. The van der Waals surface area contributed by atoms with Crippen LogP contribution in [0.4, 0.5) is 9.59 Å². The van der Waals surface area contributed by atoms with Gasteiger partial charge in [0.1, 0.15) is 17.7 Å². The fourth-order valence-corrected chi connectivity index (χ4v) is 4.12. The predicted molar refractivity (Wildman–Crippen MR) is 111 cm³/mol. The zero-order valence-corrected chi connectivity index (χ0v) is 18.1. The molecule has 3 rings (SSSR count). The van der Waals surface area contributed by atoms with E-state index < -0.39 is 23.3 Å². The summed E-state index contributed by atoms with van der Waals surface area (Å²) in [6.45, 7) is 8.56. The third-order valence-electron chi connectivity index (χ3n) is 5.55. The lowest BCUT2D eigenvalue weighted by Crippen LogP contribution is -2.70. The molecule has 1 aromatic rings. The molecule has 0 aliphatic carbocycles. The van der Waals surface area contributed by atoms with Crippen LogP contribution in [0.1, 0.15) is 46.1 Å². The minimum absolute atomic E-state index is 0.146. The summed E-state index contributed by atoms with van der Waals surface area (Å²) in [5.74, 6) is -0.193. The number of hydrogen-bond acceptors (Lipinski definition) is 5. The fraction of sp³-hybridized carbons (Fsp3) is 0.591. The van der Waals surface area contributed by atoms with Crippen molar-refractivity contribution in [3.8, 4) is 0 Å². The van der Waals surface area contributed by atoms with Crippen LogP contribution in [-0.4, -0.2) is 64.7 Å². The molecule has 8 nitrogen and oxygen atoms in total. The van der Waals surface area contributed by atoms with Crippen LogP contribution in [0.5, 0.6) is 0 Å². The monoisotopic (exact) mass is 417 g/mol. The van der Waals surface area contributed by atoms with Gasteiger partial charge in [-0.05, 0) is 39.7 Å². The third kappa shape index (κ3) is 4.68. The molecular formula is C22H31N3O5. The molecule has 2 fully saturated rings. The van der Waals surface area contributed by atoms with Crippen LogP contribution in [0.15, 0.2) is 30.3 Å². The Morgan fingerprint density at radius 2 is 1.87 bits per heavy atom. The Morgan fingerprint density at radius 1 is 1.17 bits per heavy atom. The van der Waals surface area contributed by atoms with Gasteiger partial charge in [-0.15, -0.1) is 0 Å². The van der Waals surface area contributed by atoms with Crippen molar-refractivity contribution < 1.29 is 23.9 Å². The number of ether oxygens (including phenoxy) is 2. The van der Waals surface area contributed by atoms with Crippen LogP contribution in [0.3, 0.4) is 0 Å². The lowest BCUT2D eigenvalue weighted by molar-refractivity contribution is -0.141. The van der Waals surface area contributed by atoms with E-state index in [0.717, 1.165) is 5.56 Å². The highest BCUT2D eigenvalue weighted by atomic mass is 16.6. The minimum atomic E-state index is -1.02. The number of nitrogens with one attached hydrogen (secondary N) is 1. The molecule has 0 aromatic heterocycles. The molecule has 2 aliphatic rings. The summed E-state index contributed by atoms with van der Waals surface area (Å²) in [6, 6.07) is 9.16. The molecule has 1 N–H and O–H groups in total. The molecule has 2 atom stereocenters. The second-order valence-corrected chi connectivity index (χ2v) is 8.96. The first-order chi connectivity index (χ1) is 14.1. The van der Waals surface area contributed by atoms with E-state index in [1.54, 1.807) is 4.90 Å². The summed E-state index contributed by atoms with van der Waals surface area (Å²) in [5, 5.41) is 2.88. The Balaban J connectivity index is 1.72. The number of likely N-dealkylation sites (tertiary alicyclic amines) is 1. The van der Waals surface area contributed by atoms with Gasteiger partial charge < -0.3 is 19.7 Å². The number of rotatable bonds is 2. The standard InChI is InChI=1S/C22H31N3O5/c1-16-14-22(10-12-24(16)19(27)30-21(2,3)4)18(26)23-11-13-25(22)20(28)29-15-17-8-6-5-7-9-17/h5-9,16H,10-15H2,1-4H3,(H,23,26). The molecule has 0 radical (unpaired) electrons. The van der Waals surface area contributed by atoms with Gasteiger partial charge in [-0.3, -0.25) is 9.69 Å². The number of carbonyl (C=O) groups excluding carboxylic acids is 3. The Kier molecular flexibility index (Phi) is 6.24.